The third kappa shape index (κ3) is 1.98. The first kappa shape index (κ1) is 10.8. The highest BCUT2D eigenvalue weighted by molar-refractivity contribution is 6.68. The van der Waals surface area contributed by atoms with E-state index in [-0.39, 0.29) is 21.9 Å². The van der Waals surface area contributed by atoms with Crippen molar-refractivity contribution < 1.29 is 9.53 Å². The van der Waals surface area contributed by atoms with Gasteiger partial charge in [-0.1, -0.05) is 11.6 Å². The molecule has 5 heteroatoms. The average molecular weight is 230 g/mol. The Kier molecular flexibility index (Phi) is 3.34. The minimum atomic E-state index is -0.685. The molecule has 0 fully saturated rings. The molecule has 0 aromatic heterocycles. The molecule has 0 aliphatic rings. The second-order valence-electron chi connectivity index (χ2n) is 2.42. The zero-order valence-corrected chi connectivity index (χ0v) is 8.69. The van der Waals surface area contributed by atoms with Gasteiger partial charge in [0.25, 0.3) is 5.24 Å². The number of nitrogens with zero attached hydrogens (tertiary/aromatic N) is 1. The summed E-state index contributed by atoms with van der Waals surface area (Å²) in [5.41, 5.74) is 0.326. The van der Waals surface area contributed by atoms with Crippen molar-refractivity contribution in [2.75, 3.05) is 7.11 Å². The van der Waals surface area contributed by atoms with Gasteiger partial charge in [-0.25, -0.2) is 0 Å². The maximum atomic E-state index is 10.9. The van der Waals surface area contributed by atoms with E-state index in [1.165, 1.54) is 19.2 Å². The van der Waals surface area contributed by atoms with Crippen molar-refractivity contribution in [3.8, 4) is 11.8 Å². The van der Waals surface area contributed by atoms with E-state index in [4.69, 9.17) is 33.2 Å². The van der Waals surface area contributed by atoms with E-state index in [1.54, 1.807) is 0 Å². The molecule has 1 aromatic carbocycles. The highest BCUT2D eigenvalue weighted by atomic mass is 35.5. The van der Waals surface area contributed by atoms with Crippen molar-refractivity contribution >= 4 is 28.4 Å². The third-order valence-corrected chi connectivity index (χ3v) is 2.14. The minimum absolute atomic E-state index is 0.134. The van der Waals surface area contributed by atoms with Crippen molar-refractivity contribution in [1.82, 2.24) is 0 Å². The molecule has 0 aliphatic carbocycles. The van der Waals surface area contributed by atoms with Crippen LogP contribution in [0.2, 0.25) is 5.02 Å². The van der Waals surface area contributed by atoms with E-state index in [9.17, 15) is 4.79 Å². The van der Waals surface area contributed by atoms with Gasteiger partial charge in [-0.05, 0) is 17.7 Å². The predicted octanol–water partition coefficient (Wildman–Crippen LogP) is 2.60. The molecule has 0 saturated heterocycles. The number of hydrogen-bond donors (Lipinski definition) is 0. The van der Waals surface area contributed by atoms with Crippen LogP contribution in [0.15, 0.2) is 12.1 Å². The fraction of sp³-hybridized carbons (Fsp3) is 0.111. The lowest BCUT2D eigenvalue weighted by atomic mass is 10.1. The molecule has 0 atom stereocenters. The number of carbonyl (C=O) groups excluding carboxylic acids is 1. The molecule has 0 saturated carbocycles. The smallest absolute Gasteiger partial charge is 0.256 e. The van der Waals surface area contributed by atoms with E-state index < -0.39 is 5.24 Å². The molecular formula is C9H5Cl2NO2. The summed E-state index contributed by atoms with van der Waals surface area (Å²) >= 11 is 11.0. The molecule has 0 amide bonds. The lowest BCUT2D eigenvalue weighted by Crippen LogP contribution is -1.96. The second-order valence-corrected chi connectivity index (χ2v) is 3.17. The summed E-state index contributed by atoms with van der Waals surface area (Å²) in [5.74, 6) is 0.258. The van der Waals surface area contributed by atoms with Gasteiger partial charge < -0.3 is 4.74 Å². The van der Waals surface area contributed by atoms with Crippen molar-refractivity contribution in [2.45, 2.75) is 0 Å². The molecule has 0 spiro atoms. The number of hydrogen-bond acceptors (Lipinski definition) is 3. The Morgan fingerprint density at radius 1 is 1.57 bits per heavy atom. The molecule has 0 heterocycles. The van der Waals surface area contributed by atoms with Gasteiger partial charge in [-0.3, -0.25) is 4.79 Å². The molecule has 14 heavy (non-hydrogen) atoms. The molecule has 1 rings (SSSR count). The standard InChI is InChI=1S/C9H5Cl2NO2/c1-14-8-3-7(10)5(4-12)2-6(8)9(11)13/h2-3H,1H3. The molecular weight excluding hydrogens is 225 g/mol. The normalized spacial score (nSPS) is 9.29. The minimum Gasteiger partial charge on any atom is -0.496 e. The first-order chi connectivity index (χ1) is 6.60. The Bertz CT molecular complexity index is 424. The van der Waals surface area contributed by atoms with Gasteiger partial charge in [0.2, 0.25) is 0 Å². The van der Waals surface area contributed by atoms with Crippen LogP contribution in [0.1, 0.15) is 15.9 Å². The SMILES string of the molecule is COc1cc(Cl)c(C#N)cc1C(=O)Cl. The lowest BCUT2D eigenvalue weighted by molar-refractivity contribution is 0.107. The highest BCUT2D eigenvalue weighted by Gasteiger charge is 2.13. The number of rotatable bonds is 2. The summed E-state index contributed by atoms with van der Waals surface area (Å²) in [4.78, 5) is 10.9. The van der Waals surface area contributed by atoms with Crippen LogP contribution in [0.5, 0.6) is 5.75 Å². The number of methoxy groups -OCH3 is 1. The Morgan fingerprint density at radius 3 is 2.64 bits per heavy atom. The van der Waals surface area contributed by atoms with E-state index >= 15 is 0 Å². The molecule has 3 nitrogen and oxygen atoms in total. The van der Waals surface area contributed by atoms with E-state index in [1.807, 2.05) is 6.07 Å². The summed E-state index contributed by atoms with van der Waals surface area (Å²) in [7, 11) is 1.39. The van der Waals surface area contributed by atoms with Crippen LogP contribution in [0.4, 0.5) is 0 Å². The maximum Gasteiger partial charge on any atom is 0.256 e. The largest absolute Gasteiger partial charge is 0.496 e. The summed E-state index contributed by atoms with van der Waals surface area (Å²) in [6, 6.07) is 4.53. The lowest BCUT2D eigenvalue weighted by Gasteiger charge is -2.05. The van der Waals surface area contributed by atoms with Crippen LogP contribution >= 0.6 is 23.2 Å². The fourth-order valence-corrected chi connectivity index (χ4v) is 1.31. The molecule has 0 radical (unpaired) electrons. The number of halogens is 2. The van der Waals surface area contributed by atoms with Gasteiger partial charge in [0, 0.05) is 6.07 Å². The predicted molar refractivity (Wildman–Crippen MR) is 52.9 cm³/mol. The summed E-state index contributed by atoms with van der Waals surface area (Å²) in [6.45, 7) is 0. The Hall–Kier alpha value is -1.24. The summed E-state index contributed by atoms with van der Waals surface area (Å²) < 4.78 is 4.89. The van der Waals surface area contributed by atoms with E-state index in [0.29, 0.717) is 0 Å². The molecule has 0 bridgehead atoms. The third-order valence-electron chi connectivity index (χ3n) is 1.62. The Morgan fingerprint density at radius 2 is 2.21 bits per heavy atom. The zero-order valence-electron chi connectivity index (χ0n) is 7.17. The van der Waals surface area contributed by atoms with Crippen molar-refractivity contribution in [3.05, 3.63) is 28.3 Å². The van der Waals surface area contributed by atoms with Gasteiger partial charge >= 0.3 is 0 Å². The number of carbonyl (C=O) groups is 1. The van der Waals surface area contributed by atoms with Crippen LogP contribution in [0, 0.1) is 11.3 Å². The highest BCUT2D eigenvalue weighted by Crippen LogP contribution is 2.27. The van der Waals surface area contributed by atoms with Crippen molar-refractivity contribution in [3.63, 3.8) is 0 Å². The van der Waals surface area contributed by atoms with Crippen LogP contribution in [0.3, 0.4) is 0 Å². The first-order valence-corrected chi connectivity index (χ1v) is 4.33. The molecule has 1 aromatic rings. The van der Waals surface area contributed by atoms with Crippen LogP contribution < -0.4 is 4.74 Å². The molecule has 0 unspecified atom stereocenters. The average Bonchev–Trinajstić information content (AvgIpc) is 2.16. The Labute approximate surface area is 90.8 Å². The summed E-state index contributed by atoms with van der Waals surface area (Å²) in [5, 5.41) is 8.20. The van der Waals surface area contributed by atoms with Gasteiger partial charge in [-0.2, -0.15) is 5.26 Å². The number of ether oxygens (including phenoxy) is 1. The van der Waals surface area contributed by atoms with Gasteiger partial charge in [-0.15, -0.1) is 0 Å². The zero-order chi connectivity index (χ0) is 10.7. The number of nitriles is 1. The van der Waals surface area contributed by atoms with Gasteiger partial charge in [0.15, 0.2) is 0 Å². The first-order valence-electron chi connectivity index (χ1n) is 3.57. The van der Waals surface area contributed by atoms with Crippen LogP contribution in [-0.4, -0.2) is 12.4 Å². The van der Waals surface area contributed by atoms with Crippen molar-refractivity contribution in [1.29, 1.82) is 5.26 Å². The monoisotopic (exact) mass is 229 g/mol. The maximum absolute atomic E-state index is 10.9. The van der Waals surface area contributed by atoms with Gasteiger partial charge in [0.05, 0.1) is 23.3 Å². The van der Waals surface area contributed by atoms with E-state index in [2.05, 4.69) is 0 Å². The van der Waals surface area contributed by atoms with Gasteiger partial charge in [0.1, 0.15) is 11.8 Å². The second kappa shape index (κ2) is 4.32. The van der Waals surface area contributed by atoms with E-state index in [0.717, 1.165) is 0 Å². The number of benzene rings is 1. The molecule has 0 N–H and O–H groups in total. The topological polar surface area (TPSA) is 50.1 Å². The Balaban J connectivity index is 3.42. The summed E-state index contributed by atoms with van der Waals surface area (Å²) in [6.07, 6.45) is 0. The molecule has 72 valence electrons. The van der Waals surface area contributed by atoms with Crippen molar-refractivity contribution in [2.24, 2.45) is 0 Å². The molecule has 0 aliphatic heterocycles. The van der Waals surface area contributed by atoms with Crippen LogP contribution in [-0.2, 0) is 0 Å². The van der Waals surface area contributed by atoms with Crippen LogP contribution in [0.25, 0.3) is 0 Å². The fourth-order valence-electron chi connectivity index (χ4n) is 0.963. The quantitative estimate of drug-likeness (QED) is 0.733.